The molecule has 0 spiro atoms. The molecule has 8 nitrogen and oxygen atoms in total. The second-order valence-corrected chi connectivity index (χ2v) is 7.55. The second-order valence-electron chi connectivity index (χ2n) is 7.11. The van der Waals surface area contributed by atoms with Crippen molar-refractivity contribution in [3.8, 4) is 11.5 Å². The first-order valence-corrected chi connectivity index (χ1v) is 10.1. The van der Waals surface area contributed by atoms with Crippen molar-refractivity contribution in [1.82, 2.24) is 4.90 Å². The number of nitrogens with zero attached hydrogens (tertiary/aromatic N) is 1. The van der Waals surface area contributed by atoms with Crippen molar-refractivity contribution >= 4 is 35.0 Å². The molecule has 3 rings (SSSR count). The number of likely N-dealkylation sites (tertiary alicyclic amines) is 1. The maximum Gasteiger partial charge on any atom is 0.303 e. The molecule has 1 atom stereocenters. The molecule has 32 heavy (non-hydrogen) atoms. The molecule has 0 bridgehead atoms. The molecule has 0 unspecified atom stereocenters. The van der Waals surface area contributed by atoms with Crippen LogP contribution in [0, 0.1) is 0 Å². The maximum atomic E-state index is 12.9. The molecule has 0 aromatic heterocycles. The number of aliphatic hydroxyl groups is 1. The highest BCUT2D eigenvalue weighted by Crippen LogP contribution is 2.42. The molecule has 168 valence electrons. The standard InChI is InChI=1S/C23H22ClNO7/c1-31-16-10-7-14(12-17(16)32-2)20-19(21(28)13-5-8-15(24)9-6-13)22(29)23(30)25(20)11-3-4-18(26)27/h5-10,12,20,28H,3-4,11H2,1-2H3,(H,26,27)/b21-19+/t20-/m0/s1. The Hall–Kier alpha value is -3.52. The Morgan fingerprint density at radius 2 is 1.69 bits per heavy atom. The molecule has 1 fully saturated rings. The third-order valence-electron chi connectivity index (χ3n) is 5.17. The lowest BCUT2D eigenvalue weighted by atomic mass is 9.95. The highest BCUT2D eigenvalue weighted by Gasteiger charge is 2.46. The molecular formula is C23H22ClNO7. The number of benzene rings is 2. The predicted molar refractivity (Wildman–Crippen MR) is 117 cm³/mol. The molecule has 1 aliphatic rings. The molecule has 1 heterocycles. The summed E-state index contributed by atoms with van der Waals surface area (Å²) >= 11 is 5.92. The van der Waals surface area contributed by atoms with Gasteiger partial charge >= 0.3 is 5.97 Å². The van der Waals surface area contributed by atoms with Crippen LogP contribution in [0.2, 0.25) is 5.02 Å². The van der Waals surface area contributed by atoms with Crippen LogP contribution in [-0.2, 0) is 14.4 Å². The Balaban J connectivity index is 2.14. The van der Waals surface area contributed by atoms with Gasteiger partial charge in [0.1, 0.15) is 5.76 Å². The van der Waals surface area contributed by atoms with E-state index in [9.17, 15) is 19.5 Å². The lowest BCUT2D eigenvalue weighted by molar-refractivity contribution is -0.140. The number of carbonyl (C=O) groups is 3. The van der Waals surface area contributed by atoms with E-state index < -0.39 is 23.7 Å². The van der Waals surface area contributed by atoms with E-state index >= 15 is 0 Å². The third-order valence-corrected chi connectivity index (χ3v) is 5.42. The van der Waals surface area contributed by atoms with E-state index in [1.807, 2.05) is 0 Å². The number of halogens is 1. The summed E-state index contributed by atoms with van der Waals surface area (Å²) in [7, 11) is 2.94. The smallest absolute Gasteiger partial charge is 0.303 e. The fourth-order valence-electron chi connectivity index (χ4n) is 3.64. The fraction of sp³-hybridized carbons (Fsp3) is 0.261. The number of carboxylic acid groups (broad SMARTS) is 1. The number of amides is 1. The number of Topliss-reactive ketones (excluding diaryl/α,β-unsaturated/α-hetero) is 1. The number of hydrogen-bond acceptors (Lipinski definition) is 6. The minimum atomic E-state index is -1.01. The van der Waals surface area contributed by atoms with Crippen molar-refractivity contribution in [2.75, 3.05) is 20.8 Å². The quantitative estimate of drug-likeness (QED) is 0.352. The molecule has 2 aromatic carbocycles. The van der Waals surface area contributed by atoms with E-state index in [0.717, 1.165) is 0 Å². The van der Waals surface area contributed by atoms with Gasteiger partial charge < -0.3 is 24.6 Å². The number of ketones is 1. The van der Waals surface area contributed by atoms with Gasteiger partial charge in [-0.3, -0.25) is 14.4 Å². The van der Waals surface area contributed by atoms with Gasteiger partial charge in [0, 0.05) is 23.6 Å². The van der Waals surface area contributed by atoms with Crippen LogP contribution in [0.25, 0.3) is 5.76 Å². The largest absolute Gasteiger partial charge is 0.507 e. The van der Waals surface area contributed by atoms with Gasteiger partial charge in [-0.15, -0.1) is 0 Å². The van der Waals surface area contributed by atoms with E-state index in [0.29, 0.717) is 27.6 Å². The van der Waals surface area contributed by atoms with Crippen LogP contribution in [0.4, 0.5) is 0 Å². The number of carbonyl (C=O) groups excluding carboxylic acids is 2. The summed E-state index contributed by atoms with van der Waals surface area (Å²) in [6.07, 6.45) is -0.0219. The summed E-state index contributed by atoms with van der Waals surface area (Å²) in [5.41, 5.74) is 0.732. The van der Waals surface area contributed by atoms with Crippen molar-refractivity contribution in [1.29, 1.82) is 0 Å². The van der Waals surface area contributed by atoms with E-state index in [1.54, 1.807) is 42.5 Å². The van der Waals surface area contributed by atoms with Crippen LogP contribution in [0.15, 0.2) is 48.0 Å². The minimum absolute atomic E-state index is 0.0211. The van der Waals surface area contributed by atoms with Gasteiger partial charge in [-0.25, -0.2) is 0 Å². The second kappa shape index (κ2) is 9.74. The van der Waals surface area contributed by atoms with Gasteiger partial charge in [-0.2, -0.15) is 0 Å². The highest BCUT2D eigenvalue weighted by atomic mass is 35.5. The fourth-order valence-corrected chi connectivity index (χ4v) is 3.77. The summed E-state index contributed by atoms with van der Waals surface area (Å²) in [6, 6.07) is 10.2. The zero-order valence-corrected chi connectivity index (χ0v) is 18.3. The van der Waals surface area contributed by atoms with Crippen molar-refractivity contribution < 1.29 is 34.1 Å². The van der Waals surface area contributed by atoms with Crippen LogP contribution in [-0.4, -0.2) is 53.5 Å². The van der Waals surface area contributed by atoms with Crippen LogP contribution in [0.5, 0.6) is 11.5 Å². The van der Waals surface area contributed by atoms with Crippen LogP contribution in [0.3, 0.4) is 0 Å². The molecule has 1 aliphatic heterocycles. The number of aliphatic carboxylic acids is 1. The average Bonchev–Trinajstić information content (AvgIpc) is 3.03. The van der Waals surface area contributed by atoms with Crippen molar-refractivity contribution in [3.63, 3.8) is 0 Å². The minimum Gasteiger partial charge on any atom is -0.507 e. The van der Waals surface area contributed by atoms with E-state index in [-0.39, 0.29) is 30.7 Å². The monoisotopic (exact) mass is 459 g/mol. The van der Waals surface area contributed by atoms with Crippen LogP contribution in [0.1, 0.15) is 30.0 Å². The van der Waals surface area contributed by atoms with Crippen LogP contribution >= 0.6 is 11.6 Å². The molecule has 2 aromatic rings. The van der Waals surface area contributed by atoms with E-state index in [4.69, 9.17) is 26.2 Å². The molecule has 0 aliphatic carbocycles. The number of methoxy groups -OCH3 is 2. The average molecular weight is 460 g/mol. The summed E-state index contributed by atoms with van der Waals surface area (Å²) < 4.78 is 10.6. The van der Waals surface area contributed by atoms with Crippen molar-refractivity contribution in [3.05, 3.63) is 64.2 Å². The number of rotatable bonds is 8. The molecular weight excluding hydrogens is 438 g/mol. The molecule has 2 N–H and O–H groups in total. The molecule has 0 radical (unpaired) electrons. The van der Waals surface area contributed by atoms with Gasteiger partial charge in [-0.1, -0.05) is 17.7 Å². The first-order valence-electron chi connectivity index (χ1n) is 9.76. The number of aliphatic hydroxyl groups excluding tert-OH is 1. The van der Waals surface area contributed by atoms with Crippen LogP contribution < -0.4 is 9.47 Å². The van der Waals surface area contributed by atoms with Gasteiger partial charge in [-0.05, 0) is 48.4 Å². The Morgan fingerprint density at radius 3 is 2.28 bits per heavy atom. The van der Waals surface area contributed by atoms with Crippen molar-refractivity contribution in [2.45, 2.75) is 18.9 Å². The Labute approximate surface area is 189 Å². The molecule has 0 saturated carbocycles. The summed E-state index contributed by atoms with van der Waals surface area (Å²) in [5, 5.41) is 20.4. The Morgan fingerprint density at radius 1 is 1.03 bits per heavy atom. The molecule has 9 heteroatoms. The SMILES string of the molecule is COc1ccc([C@H]2/C(=C(\O)c3ccc(Cl)cc3)C(=O)C(=O)N2CCCC(=O)O)cc1OC. The summed E-state index contributed by atoms with van der Waals surface area (Å²) in [5.74, 6) is -2.19. The van der Waals surface area contributed by atoms with Gasteiger partial charge in [0.25, 0.3) is 11.7 Å². The number of carboxylic acids is 1. The maximum absolute atomic E-state index is 12.9. The Kier molecular flexibility index (Phi) is 7.05. The van der Waals surface area contributed by atoms with E-state index in [2.05, 4.69) is 0 Å². The lowest BCUT2D eigenvalue weighted by Gasteiger charge is -2.25. The molecule has 1 amide bonds. The van der Waals surface area contributed by atoms with Crippen molar-refractivity contribution in [2.24, 2.45) is 0 Å². The number of ether oxygens (including phenoxy) is 2. The summed E-state index contributed by atoms with van der Waals surface area (Å²) in [6.45, 7) is 0.0211. The Bertz CT molecular complexity index is 1080. The zero-order chi connectivity index (χ0) is 23.4. The van der Waals surface area contributed by atoms with E-state index in [1.165, 1.54) is 19.1 Å². The first kappa shape index (κ1) is 23.1. The normalized spacial score (nSPS) is 17.5. The number of hydrogen-bond donors (Lipinski definition) is 2. The topological polar surface area (TPSA) is 113 Å². The zero-order valence-electron chi connectivity index (χ0n) is 17.5. The van der Waals surface area contributed by atoms with Gasteiger partial charge in [0.2, 0.25) is 0 Å². The lowest BCUT2D eigenvalue weighted by Crippen LogP contribution is -2.31. The van der Waals surface area contributed by atoms with Gasteiger partial charge in [0.15, 0.2) is 11.5 Å². The first-order chi connectivity index (χ1) is 15.3. The molecule has 1 saturated heterocycles. The predicted octanol–water partition coefficient (Wildman–Crippen LogP) is 3.64. The third kappa shape index (κ3) is 4.55. The van der Waals surface area contributed by atoms with Gasteiger partial charge in [0.05, 0.1) is 25.8 Å². The highest BCUT2D eigenvalue weighted by molar-refractivity contribution is 6.46. The summed E-state index contributed by atoms with van der Waals surface area (Å²) in [4.78, 5) is 38.0.